The van der Waals surface area contributed by atoms with Crippen molar-refractivity contribution in [1.29, 1.82) is 0 Å². The zero-order valence-electron chi connectivity index (χ0n) is 11.2. The Kier molecular flexibility index (Phi) is 12.0. The predicted octanol–water partition coefficient (Wildman–Crippen LogP) is 0.837. The van der Waals surface area contributed by atoms with Crippen molar-refractivity contribution >= 4 is 5.97 Å². The molecule has 0 spiro atoms. The number of quaternary nitrogens is 1. The first-order valence-electron chi connectivity index (χ1n) is 5.43. The van der Waals surface area contributed by atoms with Gasteiger partial charge < -0.3 is 19.1 Å². The van der Waals surface area contributed by atoms with Crippen molar-refractivity contribution in [2.24, 2.45) is 0 Å². The minimum atomic E-state index is -0.832. The summed E-state index contributed by atoms with van der Waals surface area (Å²) >= 11 is 0. The van der Waals surface area contributed by atoms with Gasteiger partial charge in [-0.2, -0.15) is 0 Å². The molecule has 5 nitrogen and oxygen atoms in total. The van der Waals surface area contributed by atoms with Crippen molar-refractivity contribution in [2.75, 3.05) is 54.6 Å². The highest BCUT2D eigenvalue weighted by Crippen LogP contribution is 1.83. The predicted molar refractivity (Wildman–Crippen MR) is 63.5 cm³/mol. The Morgan fingerprint density at radius 1 is 1.06 bits per heavy atom. The molecule has 0 aliphatic heterocycles. The average Bonchev–Trinajstić information content (AvgIpc) is 2.08. The first-order chi connectivity index (χ1) is 7.27. The van der Waals surface area contributed by atoms with Crippen LogP contribution in [-0.4, -0.2) is 70.2 Å². The maximum Gasteiger partial charge on any atom is 0.305 e. The number of carboxylic acid groups (broad SMARTS) is 1. The van der Waals surface area contributed by atoms with E-state index in [1.165, 1.54) is 0 Å². The minimum absolute atomic E-state index is 0.0616. The smallest absolute Gasteiger partial charge is 0.305 e. The summed E-state index contributed by atoms with van der Waals surface area (Å²) in [7, 11) is 8.50. The molecule has 1 N–H and O–H groups in total. The zero-order chi connectivity index (χ0) is 13.0. The lowest BCUT2D eigenvalue weighted by molar-refractivity contribution is -0.849. The van der Waals surface area contributed by atoms with Crippen LogP contribution < -0.4 is 0 Å². The van der Waals surface area contributed by atoms with E-state index in [4.69, 9.17) is 14.6 Å². The highest BCUT2D eigenvalue weighted by molar-refractivity contribution is 5.66. The molecule has 98 valence electrons. The van der Waals surface area contributed by atoms with Gasteiger partial charge in [-0.1, -0.05) is 0 Å². The normalized spacial score (nSPS) is 10.6. The van der Waals surface area contributed by atoms with Crippen molar-refractivity contribution < 1.29 is 23.9 Å². The number of carboxylic acids is 1. The van der Waals surface area contributed by atoms with E-state index < -0.39 is 5.97 Å². The second kappa shape index (κ2) is 10.9. The van der Waals surface area contributed by atoms with Gasteiger partial charge in [0.2, 0.25) is 0 Å². The van der Waals surface area contributed by atoms with E-state index in [9.17, 15) is 4.79 Å². The molecule has 0 saturated heterocycles. The van der Waals surface area contributed by atoms with Crippen LogP contribution in [0.4, 0.5) is 0 Å². The largest absolute Gasteiger partial charge is 0.481 e. The Morgan fingerprint density at radius 2 is 1.50 bits per heavy atom. The van der Waals surface area contributed by atoms with Crippen LogP contribution in [0.3, 0.4) is 0 Å². The number of hydrogen-bond acceptors (Lipinski definition) is 3. The summed E-state index contributed by atoms with van der Waals surface area (Å²) in [5.41, 5.74) is 0. The van der Waals surface area contributed by atoms with Gasteiger partial charge in [-0.15, -0.1) is 0 Å². The molecule has 16 heavy (non-hydrogen) atoms. The lowest BCUT2D eigenvalue weighted by Crippen LogP contribution is -2.27. The van der Waals surface area contributed by atoms with Crippen LogP contribution in [-0.2, 0) is 14.3 Å². The fraction of sp³-hybridized carbons (Fsp3) is 0.909. The standard InChI is InChI=1S/C7H14O4.C4H12N/c1-2-10-5-6-11-4-3-7(8)9;1-5(2,3)4/h2-6H2,1H3,(H,8,9);1-4H3/q;+1. The third-order valence-electron chi connectivity index (χ3n) is 1.04. The highest BCUT2D eigenvalue weighted by Gasteiger charge is 1.95. The molecule has 0 radical (unpaired) electrons. The zero-order valence-corrected chi connectivity index (χ0v) is 11.2. The van der Waals surface area contributed by atoms with E-state index in [1.807, 2.05) is 6.92 Å². The molecule has 0 amide bonds. The van der Waals surface area contributed by atoms with E-state index in [2.05, 4.69) is 28.2 Å². The summed E-state index contributed by atoms with van der Waals surface area (Å²) in [6, 6.07) is 0. The van der Waals surface area contributed by atoms with Crippen molar-refractivity contribution in [1.82, 2.24) is 0 Å². The van der Waals surface area contributed by atoms with Gasteiger partial charge in [0, 0.05) is 6.61 Å². The third-order valence-corrected chi connectivity index (χ3v) is 1.04. The summed E-state index contributed by atoms with van der Waals surface area (Å²) in [5.74, 6) is -0.832. The fourth-order valence-electron chi connectivity index (χ4n) is 0.524. The summed E-state index contributed by atoms with van der Waals surface area (Å²) in [6.07, 6.45) is 0.0616. The van der Waals surface area contributed by atoms with Crippen molar-refractivity contribution in [2.45, 2.75) is 13.3 Å². The Bertz CT molecular complexity index is 160. The number of nitrogens with zero attached hydrogens (tertiary/aromatic N) is 1. The van der Waals surface area contributed by atoms with Gasteiger partial charge in [0.1, 0.15) is 0 Å². The topological polar surface area (TPSA) is 55.8 Å². The van der Waals surface area contributed by atoms with Gasteiger partial charge in [-0.3, -0.25) is 4.79 Å². The van der Waals surface area contributed by atoms with Gasteiger partial charge in [0.15, 0.2) is 0 Å². The molecular weight excluding hydrogens is 210 g/mol. The van der Waals surface area contributed by atoms with Crippen LogP contribution in [0.25, 0.3) is 0 Å². The summed E-state index contributed by atoms with van der Waals surface area (Å²) < 4.78 is 10.9. The molecule has 5 heteroatoms. The van der Waals surface area contributed by atoms with Gasteiger partial charge >= 0.3 is 5.97 Å². The second-order valence-corrected chi connectivity index (χ2v) is 4.64. The Morgan fingerprint density at radius 3 is 1.88 bits per heavy atom. The Hall–Kier alpha value is -0.650. The lowest BCUT2D eigenvalue weighted by atomic mass is 10.5. The maximum atomic E-state index is 9.98. The Labute approximate surface area is 98.5 Å². The second-order valence-electron chi connectivity index (χ2n) is 4.64. The molecule has 0 aromatic carbocycles. The van der Waals surface area contributed by atoms with Crippen molar-refractivity contribution in [3.63, 3.8) is 0 Å². The highest BCUT2D eigenvalue weighted by atomic mass is 16.5. The average molecular weight is 236 g/mol. The fourth-order valence-corrected chi connectivity index (χ4v) is 0.524. The van der Waals surface area contributed by atoms with Gasteiger partial charge in [0.25, 0.3) is 0 Å². The van der Waals surface area contributed by atoms with Crippen LogP contribution in [0, 0.1) is 0 Å². The van der Waals surface area contributed by atoms with E-state index in [-0.39, 0.29) is 13.0 Å². The van der Waals surface area contributed by atoms with E-state index in [0.29, 0.717) is 19.8 Å². The molecule has 0 saturated carbocycles. The summed E-state index contributed by atoms with van der Waals surface area (Å²) in [5, 5.41) is 8.20. The van der Waals surface area contributed by atoms with Crippen LogP contribution in [0.2, 0.25) is 0 Å². The molecule has 0 heterocycles. The first-order valence-corrected chi connectivity index (χ1v) is 5.43. The SMILES string of the molecule is CCOCCOCCC(=O)O.C[N+](C)(C)C. The molecule has 0 aliphatic carbocycles. The van der Waals surface area contributed by atoms with E-state index in [1.54, 1.807) is 0 Å². The molecule has 0 aromatic heterocycles. The van der Waals surface area contributed by atoms with Crippen molar-refractivity contribution in [3.05, 3.63) is 0 Å². The number of aliphatic carboxylic acids is 1. The molecule has 0 fully saturated rings. The Balaban J connectivity index is 0. The molecule has 0 aromatic rings. The summed E-state index contributed by atoms with van der Waals surface area (Å²) in [4.78, 5) is 9.98. The first kappa shape index (κ1) is 17.7. The quantitative estimate of drug-likeness (QED) is 0.525. The number of carbonyl (C=O) groups is 1. The lowest BCUT2D eigenvalue weighted by Gasteiger charge is -2.14. The number of hydrogen-bond donors (Lipinski definition) is 1. The van der Waals surface area contributed by atoms with Crippen molar-refractivity contribution in [3.8, 4) is 0 Å². The van der Waals surface area contributed by atoms with E-state index >= 15 is 0 Å². The van der Waals surface area contributed by atoms with Crippen LogP contribution in [0.1, 0.15) is 13.3 Å². The monoisotopic (exact) mass is 236 g/mol. The minimum Gasteiger partial charge on any atom is -0.481 e. The molecule has 0 atom stereocenters. The third kappa shape index (κ3) is 37.7. The number of rotatable bonds is 7. The molecular formula is C11H26NO4+. The van der Waals surface area contributed by atoms with Gasteiger partial charge in [-0.25, -0.2) is 0 Å². The van der Waals surface area contributed by atoms with Gasteiger partial charge in [-0.05, 0) is 6.92 Å². The van der Waals surface area contributed by atoms with Crippen LogP contribution in [0.5, 0.6) is 0 Å². The molecule has 0 bridgehead atoms. The molecule has 0 unspecified atom stereocenters. The van der Waals surface area contributed by atoms with E-state index in [0.717, 1.165) is 4.48 Å². The summed E-state index contributed by atoms with van der Waals surface area (Å²) in [6.45, 7) is 3.85. The van der Waals surface area contributed by atoms with Crippen LogP contribution >= 0.6 is 0 Å². The molecule has 0 rings (SSSR count). The van der Waals surface area contributed by atoms with Gasteiger partial charge in [0.05, 0.1) is 54.4 Å². The maximum absolute atomic E-state index is 9.98. The number of ether oxygens (including phenoxy) is 2. The van der Waals surface area contributed by atoms with Crippen LogP contribution in [0.15, 0.2) is 0 Å². The molecule has 0 aliphatic rings.